The first-order chi connectivity index (χ1) is 9.58. The van der Waals surface area contributed by atoms with Crippen molar-refractivity contribution in [3.8, 4) is 0 Å². The van der Waals surface area contributed by atoms with Gasteiger partial charge in [-0.3, -0.25) is 9.48 Å². The molecule has 2 heterocycles. The molecule has 0 aliphatic rings. The predicted octanol–water partition coefficient (Wildman–Crippen LogP) is 1.16. The molecular weight excluding hydrogens is 280 g/mol. The van der Waals surface area contributed by atoms with Crippen LogP contribution in [0.4, 0.5) is 0 Å². The number of thioether (sulfide) groups is 1. The summed E-state index contributed by atoms with van der Waals surface area (Å²) in [6.45, 7) is 3.19. The first-order valence-electron chi connectivity index (χ1n) is 6.34. The van der Waals surface area contributed by atoms with E-state index in [9.17, 15) is 4.79 Å². The van der Waals surface area contributed by atoms with E-state index in [4.69, 9.17) is 9.84 Å². The Labute approximate surface area is 120 Å². The third-order valence-electron chi connectivity index (χ3n) is 2.94. The first-order valence-corrected chi connectivity index (χ1v) is 7.32. The van der Waals surface area contributed by atoms with E-state index in [1.807, 2.05) is 18.5 Å². The number of carboxylic acids is 1. The number of nitrogens with zero attached hydrogens (tertiary/aromatic N) is 4. The van der Waals surface area contributed by atoms with Crippen molar-refractivity contribution in [1.29, 1.82) is 0 Å². The van der Waals surface area contributed by atoms with E-state index < -0.39 is 5.97 Å². The number of carboxylic acid groups (broad SMARTS) is 1. The van der Waals surface area contributed by atoms with Gasteiger partial charge >= 0.3 is 5.97 Å². The maximum absolute atomic E-state index is 10.7. The number of aryl methyl sites for hydroxylation is 2. The fourth-order valence-corrected chi connectivity index (χ4v) is 2.82. The van der Waals surface area contributed by atoms with Gasteiger partial charge in [-0.25, -0.2) is 4.98 Å². The molecule has 0 aliphatic heterocycles. The van der Waals surface area contributed by atoms with E-state index in [0.717, 1.165) is 23.3 Å². The van der Waals surface area contributed by atoms with Gasteiger partial charge in [0, 0.05) is 14.2 Å². The molecule has 2 aromatic rings. The van der Waals surface area contributed by atoms with Crippen molar-refractivity contribution >= 4 is 28.9 Å². The van der Waals surface area contributed by atoms with Gasteiger partial charge in [-0.1, -0.05) is 18.7 Å². The largest absolute Gasteiger partial charge is 0.481 e. The van der Waals surface area contributed by atoms with E-state index in [-0.39, 0.29) is 5.75 Å². The molecule has 0 spiro atoms. The summed E-state index contributed by atoms with van der Waals surface area (Å²) in [6, 6.07) is 0. The number of imidazole rings is 1. The second-order valence-corrected chi connectivity index (χ2v) is 5.26. The zero-order valence-electron chi connectivity index (χ0n) is 11.8. The summed E-state index contributed by atoms with van der Waals surface area (Å²) in [7, 11) is 3.51. The lowest BCUT2D eigenvalue weighted by Gasteiger charge is -2.07. The molecule has 1 N–H and O–H groups in total. The number of aliphatic carboxylic acids is 1. The third kappa shape index (κ3) is 2.80. The van der Waals surface area contributed by atoms with Crippen LogP contribution in [0.1, 0.15) is 12.6 Å². The minimum absolute atomic E-state index is 0.00874. The molecule has 2 aromatic heterocycles. The molecule has 0 bridgehead atoms. The van der Waals surface area contributed by atoms with Crippen LogP contribution in [0.25, 0.3) is 11.2 Å². The molecule has 0 amide bonds. The number of hydrogen-bond donors (Lipinski definition) is 1. The van der Waals surface area contributed by atoms with Gasteiger partial charge in [0.15, 0.2) is 10.8 Å². The van der Waals surface area contributed by atoms with Gasteiger partial charge in [-0.15, -0.1) is 0 Å². The first kappa shape index (κ1) is 14.9. The second kappa shape index (κ2) is 6.27. The summed E-state index contributed by atoms with van der Waals surface area (Å²) in [5, 5.41) is 14.0. The van der Waals surface area contributed by atoms with Gasteiger partial charge < -0.3 is 14.4 Å². The predicted molar refractivity (Wildman–Crippen MR) is 76.1 cm³/mol. The zero-order valence-corrected chi connectivity index (χ0v) is 12.6. The van der Waals surface area contributed by atoms with Crippen molar-refractivity contribution < 1.29 is 14.6 Å². The number of methoxy groups -OCH3 is 1. The fraction of sp³-hybridized carbons (Fsp3) is 0.583. The van der Waals surface area contributed by atoms with Crippen LogP contribution >= 0.6 is 11.8 Å². The third-order valence-corrected chi connectivity index (χ3v) is 3.90. The van der Waals surface area contributed by atoms with E-state index in [1.54, 1.807) is 11.8 Å². The fourth-order valence-electron chi connectivity index (χ4n) is 2.08. The number of aromatic nitrogens is 4. The minimum atomic E-state index is -0.853. The SMILES string of the molecule is CCc1nn(C)c2c1nc(SCC(=O)O)n2CCOC. The average molecular weight is 298 g/mol. The molecule has 0 aliphatic carbocycles. The van der Waals surface area contributed by atoms with Crippen molar-refractivity contribution in [3.05, 3.63) is 5.69 Å². The molecule has 0 fully saturated rings. The Morgan fingerprint density at radius 2 is 2.25 bits per heavy atom. The lowest BCUT2D eigenvalue weighted by atomic mass is 10.3. The molecule has 2 rings (SSSR count). The molecule has 0 saturated carbocycles. The summed E-state index contributed by atoms with van der Waals surface area (Å²) in [6.07, 6.45) is 0.793. The van der Waals surface area contributed by atoms with Crippen molar-refractivity contribution in [2.75, 3.05) is 19.5 Å². The standard InChI is InChI=1S/C12H18N4O3S/c1-4-8-10-11(15(2)14-8)16(5-6-19-3)12(13-10)20-7-9(17)18/h4-7H2,1-3H3,(H,17,18). The molecule has 0 unspecified atom stereocenters. The van der Waals surface area contributed by atoms with Gasteiger partial charge in [0.05, 0.1) is 24.6 Å². The lowest BCUT2D eigenvalue weighted by Crippen LogP contribution is -2.09. The topological polar surface area (TPSA) is 82.2 Å². The maximum atomic E-state index is 10.7. The molecule has 20 heavy (non-hydrogen) atoms. The highest BCUT2D eigenvalue weighted by Crippen LogP contribution is 2.26. The number of fused-ring (bicyclic) bond motifs is 1. The van der Waals surface area contributed by atoms with Gasteiger partial charge in [0.1, 0.15) is 5.52 Å². The Hall–Kier alpha value is -1.54. The smallest absolute Gasteiger partial charge is 0.313 e. The number of carbonyl (C=O) groups is 1. The van der Waals surface area contributed by atoms with Crippen molar-refractivity contribution in [2.45, 2.75) is 25.0 Å². The van der Waals surface area contributed by atoms with Gasteiger partial charge in [-0.2, -0.15) is 5.10 Å². The second-order valence-electron chi connectivity index (χ2n) is 4.32. The van der Waals surface area contributed by atoms with Crippen LogP contribution in [0.3, 0.4) is 0 Å². The number of rotatable bonds is 7. The van der Waals surface area contributed by atoms with Crippen LogP contribution in [0, 0.1) is 0 Å². The summed E-state index contributed by atoms with van der Waals surface area (Å²) in [4.78, 5) is 15.3. The average Bonchev–Trinajstić information content (AvgIpc) is 2.92. The van der Waals surface area contributed by atoms with Gasteiger partial charge in [0.2, 0.25) is 0 Å². The minimum Gasteiger partial charge on any atom is -0.481 e. The van der Waals surface area contributed by atoms with Crippen LogP contribution in [-0.2, 0) is 29.5 Å². The Morgan fingerprint density at radius 3 is 2.85 bits per heavy atom. The summed E-state index contributed by atoms with van der Waals surface area (Å²) in [5.74, 6) is -0.861. The van der Waals surface area contributed by atoms with Crippen LogP contribution in [-0.4, -0.2) is 49.9 Å². The van der Waals surface area contributed by atoms with E-state index in [1.165, 1.54) is 11.8 Å². The van der Waals surface area contributed by atoms with Crippen LogP contribution in [0.15, 0.2) is 5.16 Å². The Balaban J connectivity index is 2.45. The van der Waals surface area contributed by atoms with E-state index >= 15 is 0 Å². The monoisotopic (exact) mass is 298 g/mol. The summed E-state index contributed by atoms with van der Waals surface area (Å²) >= 11 is 1.22. The van der Waals surface area contributed by atoms with Gasteiger partial charge in [-0.05, 0) is 6.42 Å². The molecular formula is C12H18N4O3S. The highest BCUT2D eigenvalue weighted by Gasteiger charge is 2.19. The molecule has 0 saturated heterocycles. The normalized spacial score (nSPS) is 11.3. The van der Waals surface area contributed by atoms with E-state index in [0.29, 0.717) is 18.3 Å². The number of ether oxygens (including phenoxy) is 1. The molecule has 0 aromatic carbocycles. The molecule has 0 atom stereocenters. The molecule has 8 heteroatoms. The summed E-state index contributed by atoms with van der Waals surface area (Å²) < 4.78 is 8.88. The lowest BCUT2D eigenvalue weighted by molar-refractivity contribution is -0.133. The van der Waals surface area contributed by atoms with Crippen molar-refractivity contribution in [2.24, 2.45) is 7.05 Å². The highest BCUT2D eigenvalue weighted by atomic mass is 32.2. The highest BCUT2D eigenvalue weighted by molar-refractivity contribution is 7.99. The van der Waals surface area contributed by atoms with Crippen molar-refractivity contribution in [3.63, 3.8) is 0 Å². The van der Waals surface area contributed by atoms with Crippen LogP contribution < -0.4 is 0 Å². The Morgan fingerprint density at radius 1 is 1.50 bits per heavy atom. The van der Waals surface area contributed by atoms with Crippen molar-refractivity contribution in [1.82, 2.24) is 19.3 Å². The zero-order chi connectivity index (χ0) is 14.7. The van der Waals surface area contributed by atoms with Crippen LogP contribution in [0.5, 0.6) is 0 Å². The molecule has 7 nitrogen and oxygen atoms in total. The number of hydrogen-bond acceptors (Lipinski definition) is 5. The quantitative estimate of drug-likeness (QED) is 0.772. The van der Waals surface area contributed by atoms with Crippen LogP contribution in [0.2, 0.25) is 0 Å². The van der Waals surface area contributed by atoms with Gasteiger partial charge in [0.25, 0.3) is 0 Å². The Kier molecular flexibility index (Phi) is 4.66. The van der Waals surface area contributed by atoms with E-state index in [2.05, 4.69) is 10.1 Å². The maximum Gasteiger partial charge on any atom is 0.313 e. The summed E-state index contributed by atoms with van der Waals surface area (Å²) in [5.41, 5.74) is 2.68. The molecule has 110 valence electrons. The molecule has 0 radical (unpaired) electrons. The Bertz CT molecular complexity index is 620.